The second kappa shape index (κ2) is 2.40. The van der Waals surface area contributed by atoms with E-state index in [4.69, 9.17) is 15.3 Å². The molecular formula is C6H8O6. The maximum atomic E-state index is 10.7. The first kappa shape index (κ1) is 7.93. The third kappa shape index (κ3) is 0.862. The summed E-state index contributed by atoms with van der Waals surface area (Å²) in [6.07, 6.45) is -5.94. The molecule has 2 rings (SSSR count). The quantitative estimate of drug-likeness (QED) is 0.349. The number of carbonyl (C=O) groups is 1. The van der Waals surface area contributed by atoms with Crippen LogP contribution in [0.4, 0.5) is 0 Å². The van der Waals surface area contributed by atoms with Gasteiger partial charge in [-0.3, -0.25) is 0 Å². The first-order valence-electron chi connectivity index (χ1n) is 3.51. The number of hydrogen-bond donors (Lipinski definition) is 3. The van der Waals surface area contributed by atoms with Gasteiger partial charge in [-0.15, -0.1) is 0 Å². The summed E-state index contributed by atoms with van der Waals surface area (Å²) in [4.78, 5) is 10.7. The van der Waals surface area contributed by atoms with Crippen molar-refractivity contribution in [1.29, 1.82) is 0 Å². The number of esters is 1. The van der Waals surface area contributed by atoms with Crippen LogP contribution in [-0.2, 0) is 14.3 Å². The van der Waals surface area contributed by atoms with Gasteiger partial charge >= 0.3 is 5.97 Å². The Hall–Kier alpha value is -0.690. The Morgan fingerprint density at radius 3 is 2.42 bits per heavy atom. The number of fused-ring (bicyclic) bond motifs is 1. The average molecular weight is 176 g/mol. The summed E-state index contributed by atoms with van der Waals surface area (Å²) in [5.74, 6) is -0.823. The summed E-state index contributed by atoms with van der Waals surface area (Å²) >= 11 is 0. The molecule has 6 heteroatoms. The lowest BCUT2D eigenvalue weighted by Crippen LogP contribution is -2.32. The Labute approximate surface area is 67.3 Å². The summed E-state index contributed by atoms with van der Waals surface area (Å²) in [7, 11) is 0. The molecule has 2 heterocycles. The van der Waals surface area contributed by atoms with Gasteiger partial charge in [0.2, 0.25) is 0 Å². The summed E-state index contributed by atoms with van der Waals surface area (Å²) in [5.41, 5.74) is 0. The molecule has 3 N–H and O–H groups in total. The highest BCUT2D eigenvalue weighted by molar-refractivity contribution is 5.78. The van der Waals surface area contributed by atoms with Gasteiger partial charge in [0.05, 0.1) is 0 Å². The van der Waals surface area contributed by atoms with Crippen molar-refractivity contribution in [2.24, 2.45) is 0 Å². The van der Waals surface area contributed by atoms with Crippen LogP contribution in [0.5, 0.6) is 0 Å². The molecule has 2 aliphatic heterocycles. The lowest BCUT2D eigenvalue weighted by molar-refractivity contribution is -0.168. The van der Waals surface area contributed by atoms with E-state index in [2.05, 4.69) is 9.47 Å². The van der Waals surface area contributed by atoms with Gasteiger partial charge in [-0.25, -0.2) is 4.79 Å². The van der Waals surface area contributed by atoms with Gasteiger partial charge in [0.1, 0.15) is 12.2 Å². The van der Waals surface area contributed by atoms with Crippen molar-refractivity contribution in [2.45, 2.75) is 30.7 Å². The molecule has 2 saturated heterocycles. The predicted molar refractivity (Wildman–Crippen MR) is 32.8 cm³/mol. The zero-order valence-corrected chi connectivity index (χ0v) is 5.95. The van der Waals surface area contributed by atoms with Crippen LogP contribution in [0.15, 0.2) is 0 Å². The lowest BCUT2D eigenvalue weighted by atomic mass is 10.1. The molecule has 0 aliphatic carbocycles. The zero-order valence-electron chi connectivity index (χ0n) is 5.95. The molecule has 68 valence electrons. The number of aliphatic hydroxyl groups excluding tert-OH is 3. The first-order chi connectivity index (χ1) is 5.61. The van der Waals surface area contributed by atoms with Crippen molar-refractivity contribution < 1.29 is 29.6 Å². The first-order valence-corrected chi connectivity index (χ1v) is 3.51. The van der Waals surface area contributed by atoms with E-state index in [1.54, 1.807) is 0 Å². The number of rotatable bonds is 0. The molecule has 0 aromatic heterocycles. The van der Waals surface area contributed by atoms with E-state index < -0.39 is 36.7 Å². The van der Waals surface area contributed by atoms with Gasteiger partial charge in [0.25, 0.3) is 0 Å². The second-order valence-electron chi connectivity index (χ2n) is 2.83. The molecule has 12 heavy (non-hydrogen) atoms. The fourth-order valence-corrected chi connectivity index (χ4v) is 1.40. The number of carbonyl (C=O) groups excluding carboxylic acids is 1. The number of aliphatic hydroxyl groups is 3. The topological polar surface area (TPSA) is 96.2 Å². The van der Waals surface area contributed by atoms with Gasteiger partial charge in [-0.05, 0) is 0 Å². The van der Waals surface area contributed by atoms with E-state index in [0.717, 1.165) is 0 Å². The Morgan fingerprint density at radius 2 is 1.83 bits per heavy atom. The fourth-order valence-electron chi connectivity index (χ4n) is 1.40. The summed E-state index contributed by atoms with van der Waals surface area (Å²) in [6.45, 7) is 0. The van der Waals surface area contributed by atoms with Crippen LogP contribution in [-0.4, -0.2) is 52.0 Å². The van der Waals surface area contributed by atoms with Crippen molar-refractivity contribution in [1.82, 2.24) is 0 Å². The molecule has 2 aliphatic rings. The van der Waals surface area contributed by atoms with Gasteiger partial charge in [0.15, 0.2) is 18.5 Å². The minimum atomic E-state index is -1.40. The Bertz CT molecular complexity index is 216. The summed E-state index contributed by atoms with van der Waals surface area (Å²) in [6, 6.07) is 0. The van der Waals surface area contributed by atoms with E-state index >= 15 is 0 Å². The minimum absolute atomic E-state index is 0.823. The normalized spacial score (nSPS) is 52.2. The largest absolute Gasteiger partial charge is 0.454 e. The molecule has 1 unspecified atom stereocenters. The predicted octanol–water partition coefficient (Wildman–Crippen LogP) is -2.65. The Balaban J connectivity index is 2.19. The SMILES string of the molecule is O=C1O[C@@H]2[C@@H](O)[C@H](O)O[C@@H]2C1O. The molecule has 0 amide bonds. The van der Waals surface area contributed by atoms with Crippen LogP contribution >= 0.6 is 0 Å². The van der Waals surface area contributed by atoms with Crippen molar-refractivity contribution in [3.63, 3.8) is 0 Å². The van der Waals surface area contributed by atoms with E-state index in [9.17, 15) is 4.79 Å². The average Bonchev–Trinajstić information content (AvgIpc) is 2.43. The number of ether oxygens (including phenoxy) is 2. The molecule has 0 spiro atoms. The molecule has 0 radical (unpaired) electrons. The fraction of sp³-hybridized carbons (Fsp3) is 0.833. The molecule has 0 aromatic rings. The maximum Gasteiger partial charge on any atom is 0.338 e. The van der Waals surface area contributed by atoms with Crippen molar-refractivity contribution >= 4 is 5.97 Å². The summed E-state index contributed by atoms with van der Waals surface area (Å²) in [5, 5.41) is 27.2. The zero-order chi connectivity index (χ0) is 8.88. The molecule has 2 fully saturated rings. The maximum absolute atomic E-state index is 10.7. The third-order valence-electron chi connectivity index (χ3n) is 2.05. The smallest absolute Gasteiger partial charge is 0.338 e. The van der Waals surface area contributed by atoms with Crippen LogP contribution in [0.3, 0.4) is 0 Å². The van der Waals surface area contributed by atoms with E-state index in [1.807, 2.05) is 0 Å². The van der Waals surface area contributed by atoms with Gasteiger partial charge in [0, 0.05) is 0 Å². The van der Waals surface area contributed by atoms with E-state index in [1.165, 1.54) is 0 Å². The third-order valence-corrected chi connectivity index (χ3v) is 2.05. The second-order valence-corrected chi connectivity index (χ2v) is 2.83. The van der Waals surface area contributed by atoms with Crippen LogP contribution in [0.2, 0.25) is 0 Å². The van der Waals surface area contributed by atoms with E-state index in [-0.39, 0.29) is 0 Å². The van der Waals surface area contributed by atoms with Crippen molar-refractivity contribution in [3.05, 3.63) is 0 Å². The highest BCUT2D eigenvalue weighted by Gasteiger charge is 2.56. The molecule has 5 atom stereocenters. The molecule has 0 saturated carbocycles. The lowest BCUT2D eigenvalue weighted by Gasteiger charge is -2.10. The van der Waals surface area contributed by atoms with Gasteiger partial charge in [-0.2, -0.15) is 0 Å². The van der Waals surface area contributed by atoms with Crippen LogP contribution in [0, 0.1) is 0 Å². The van der Waals surface area contributed by atoms with Crippen molar-refractivity contribution in [2.75, 3.05) is 0 Å². The van der Waals surface area contributed by atoms with Crippen LogP contribution in [0.25, 0.3) is 0 Å². The van der Waals surface area contributed by atoms with Crippen LogP contribution in [0.1, 0.15) is 0 Å². The van der Waals surface area contributed by atoms with Gasteiger partial charge < -0.3 is 24.8 Å². The minimum Gasteiger partial charge on any atom is -0.454 e. The number of hydrogen-bond acceptors (Lipinski definition) is 6. The molecule has 0 aromatic carbocycles. The molecular weight excluding hydrogens is 168 g/mol. The Kier molecular flexibility index (Phi) is 1.58. The standard InChI is InChI=1S/C6H8O6/c7-1-3-4(12-5(1)9)2(8)6(10)11-3/h1-5,7-9H/t1-,2?,3-,4-,5-/m1/s1. The summed E-state index contributed by atoms with van der Waals surface area (Å²) < 4.78 is 9.25. The Morgan fingerprint density at radius 1 is 1.17 bits per heavy atom. The molecule has 0 bridgehead atoms. The molecule has 6 nitrogen and oxygen atoms in total. The van der Waals surface area contributed by atoms with Crippen molar-refractivity contribution in [3.8, 4) is 0 Å². The van der Waals surface area contributed by atoms with E-state index in [0.29, 0.717) is 0 Å². The highest BCUT2D eigenvalue weighted by Crippen LogP contribution is 2.30. The van der Waals surface area contributed by atoms with Gasteiger partial charge in [-0.1, -0.05) is 0 Å². The monoisotopic (exact) mass is 176 g/mol. The highest BCUT2D eigenvalue weighted by atomic mass is 16.7. The van der Waals surface area contributed by atoms with Crippen LogP contribution < -0.4 is 0 Å².